The summed E-state index contributed by atoms with van der Waals surface area (Å²) in [5.41, 5.74) is 3.04. The molecule has 0 atom stereocenters. The van der Waals surface area contributed by atoms with Crippen molar-refractivity contribution in [3.8, 4) is 11.3 Å². The van der Waals surface area contributed by atoms with Gasteiger partial charge in [-0.15, -0.1) is 0 Å². The van der Waals surface area contributed by atoms with Gasteiger partial charge in [-0.3, -0.25) is 9.59 Å². The highest BCUT2D eigenvalue weighted by molar-refractivity contribution is 6.06. The van der Waals surface area contributed by atoms with Crippen LogP contribution in [0.1, 0.15) is 10.4 Å². The summed E-state index contributed by atoms with van der Waals surface area (Å²) in [7, 11) is 2.09. The van der Waals surface area contributed by atoms with E-state index in [1.807, 2.05) is 36.4 Å². The van der Waals surface area contributed by atoms with Gasteiger partial charge in [0.25, 0.3) is 11.5 Å². The maximum atomic E-state index is 13.3. The van der Waals surface area contributed by atoms with Crippen LogP contribution in [0.3, 0.4) is 0 Å². The zero-order chi connectivity index (χ0) is 23.7. The Labute approximate surface area is 195 Å². The second-order valence-electron chi connectivity index (χ2n) is 8.43. The second kappa shape index (κ2) is 9.07. The Bertz CT molecular complexity index is 1410. The minimum absolute atomic E-state index is 0.252. The highest BCUT2D eigenvalue weighted by atomic mass is 19.1. The molecule has 2 heterocycles. The van der Waals surface area contributed by atoms with E-state index in [-0.39, 0.29) is 11.5 Å². The van der Waals surface area contributed by atoms with E-state index in [0.717, 1.165) is 42.8 Å². The van der Waals surface area contributed by atoms with Gasteiger partial charge >= 0.3 is 0 Å². The predicted octanol–water partition coefficient (Wildman–Crippen LogP) is 3.73. The lowest BCUT2D eigenvalue weighted by Crippen LogP contribution is -2.44. The van der Waals surface area contributed by atoms with Crippen LogP contribution in [0.25, 0.3) is 22.0 Å². The van der Waals surface area contributed by atoms with Crippen LogP contribution in [-0.2, 0) is 0 Å². The van der Waals surface area contributed by atoms with Crippen molar-refractivity contribution in [3.63, 3.8) is 0 Å². The number of benzene rings is 3. The number of aromatic amines is 1. The van der Waals surface area contributed by atoms with Gasteiger partial charge in [-0.2, -0.15) is 5.10 Å². The van der Waals surface area contributed by atoms with E-state index in [4.69, 9.17) is 0 Å². The Morgan fingerprint density at radius 3 is 2.41 bits per heavy atom. The quantitative estimate of drug-likeness (QED) is 0.488. The fourth-order valence-corrected chi connectivity index (χ4v) is 4.24. The summed E-state index contributed by atoms with van der Waals surface area (Å²) in [6.07, 6.45) is 0. The minimum Gasteiger partial charge on any atom is -0.367 e. The van der Waals surface area contributed by atoms with E-state index >= 15 is 0 Å². The van der Waals surface area contributed by atoms with Crippen LogP contribution in [0, 0.1) is 5.82 Å². The van der Waals surface area contributed by atoms with Crippen LogP contribution in [0.5, 0.6) is 0 Å². The zero-order valence-electron chi connectivity index (χ0n) is 18.7. The lowest BCUT2D eigenvalue weighted by atomic mass is 10.0. The van der Waals surface area contributed by atoms with Crippen molar-refractivity contribution in [2.45, 2.75) is 0 Å². The summed E-state index contributed by atoms with van der Waals surface area (Å²) < 4.78 is 13.3. The zero-order valence-corrected chi connectivity index (χ0v) is 18.7. The van der Waals surface area contributed by atoms with Crippen LogP contribution >= 0.6 is 0 Å². The number of hydrogen-bond acceptors (Lipinski definition) is 5. The number of H-pyrrole nitrogens is 1. The number of nitrogens with one attached hydrogen (secondary N) is 2. The molecule has 34 heavy (non-hydrogen) atoms. The molecule has 1 saturated heterocycles. The molecule has 1 aliphatic rings. The van der Waals surface area contributed by atoms with E-state index in [9.17, 15) is 14.0 Å². The van der Waals surface area contributed by atoms with Gasteiger partial charge in [0.15, 0.2) is 0 Å². The van der Waals surface area contributed by atoms with E-state index in [1.165, 1.54) is 24.3 Å². The third-order valence-corrected chi connectivity index (χ3v) is 6.16. The van der Waals surface area contributed by atoms with E-state index in [0.29, 0.717) is 22.3 Å². The number of rotatable bonds is 4. The number of piperazine rings is 1. The molecule has 0 saturated carbocycles. The Kier molecular flexibility index (Phi) is 5.81. The number of halogens is 1. The molecule has 5 rings (SSSR count). The highest BCUT2D eigenvalue weighted by Crippen LogP contribution is 2.34. The first-order valence-electron chi connectivity index (χ1n) is 11.1. The Morgan fingerprint density at radius 1 is 0.971 bits per heavy atom. The third kappa shape index (κ3) is 4.27. The van der Waals surface area contributed by atoms with Gasteiger partial charge in [0.1, 0.15) is 5.82 Å². The normalized spacial score (nSPS) is 14.4. The topological polar surface area (TPSA) is 81.3 Å². The fraction of sp³-hybridized carbons (Fsp3) is 0.192. The fourth-order valence-electron chi connectivity index (χ4n) is 4.24. The molecule has 3 aromatic carbocycles. The third-order valence-electron chi connectivity index (χ3n) is 6.16. The number of nitrogens with zero attached hydrogens (tertiary/aromatic N) is 3. The van der Waals surface area contributed by atoms with Crippen molar-refractivity contribution in [1.82, 2.24) is 15.1 Å². The van der Waals surface area contributed by atoms with Crippen molar-refractivity contribution in [3.05, 3.63) is 88.5 Å². The van der Waals surface area contributed by atoms with Crippen molar-refractivity contribution < 1.29 is 9.18 Å². The van der Waals surface area contributed by atoms with E-state index < -0.39 is 5.82 Å². The summed E-state index contributed by atoms with van der Waals surface area (Å²) >= 11 is 0. The van der Waals surface area contributed by atoms with Gasteiger partial charge in [-0.05, 0) is 49.5 Å². The summed E-state index contributed by atoms with van der Waals surface area (Å²) in [6, 6.07) is 18.6. The molecule has 8 heteroatoms. The van der Waals surface area contributed by atoms with Gasteiger partial charge in [0.2, 0.25) is 0 Å². The summed E-state index contributed by atoms with van der Waals surface area (Å²) in [4.78, 5) is 29.7. The maximum absolute atomic E-state index is 13.3. The first-order chi connectivity index (χ1) is 16.5. The summed E-state index contributed by atoms with van der Waals surface area (Å²) in [6.45, 7) is 3.49. The molecule has 0 unspecified atom stereocenters. The monoisotopic (exact) mass is 457 g/mol. The Balaban J connectivity index is 1.58. The van der Waals surface area contributed by atoms with Gasteiger partial charge < -0.3 is 15.1 Å². The lowest BCUT2D eigenvalue weighted by molar-refractivity contribution is 0.102. The van der Waals surface area contributed by atoms with Crippen LogP contribution < -0.4 is 15.8 Å². The van der Waals surface area contributed by atoms with Gasteiger partial charge in [-0.1, -0.05) is 24.3 Å². The van der Waals surface area contributed by atoms with Gasteiger partial charge in [0, 0.05) is 42.7 Å². The maximum Gasteiger partial charge on any atom is 0.272 e. The average molecular weight is 458 g/mol. The molecule has 1 amide bonds. The minimum atomic E-state index is -0.396. The number of carbonyl (C=O) groups is 1. The van der Waals surface area contributed by atoms with Crippen LogP contribution in [0.15, 0.2) is 71.5 Å². The number of anilines is 2. The van der Waals surface area contributed by atoms with E-state index in [2.05, 4.69) is 32.4 Å². The SMILES string of the molecule is CN1CCN(c2ccc(-c3n[nH]c(=O)c4ccccc34)cc2NC(=O)c2ccc(F)cc2)CC1. The van der Waals surface area contributed by atoms with Crippen molar-refractivity contribution in [2.24, 2.45) is 0 Å². The molecule has 0 aliphatic carbocycles. The molecular formula is C26H24FN5O2. The van der Waals surface area contributed by atoms with Crippen LogP contribution in [0.4, 0.5) is 15.8 Å². The molecular weight excluding hydrogens is 433 g/mol. The number of carbonyl (C=O) groups excluding carboxylic acids is 1. The first kappa shape index (κ1) is 21.8. The molecule has 172 valence electrons. The number of amides is 1. The number of aromatic nitrogens is 2. The molecule has 1 fully saturated rings. The smallest absolute Gasteiger partial charge is 0.272 e. The molecule has 0 spiro atoms. The first-order valence-corrected chi connectivity index (χ1v) is 11.1. The van der Waals surface area contributed by atoms with Gasteiger partial charge in [-0.25, -0.2) is 9.49 Å². The van der Waals surface area contributed by atoms with Crippen molar-refractivity contribution in [1.29, 1.82) is 0 Å². The molecule has 4 aromatic rings. The lowest BCUT2D eigenvalue weighted by Gasteiger charge is -2.35. The summed E-state index contributed by atoms with van der Waals surface area (Å²) in [5, 5.41) is 11.2. The highest BCUT2D eigenvalue weighted by Gasteiger charge is 2.20. The van der Waals surface area contributed by atoms with Crippen molar-refractivity contribution >= 4 is 28.1 Å². The Morgan fingerprint density at radius 2 is 1.68 bits per heavy atom. The molecule has 2 N–H and O–H groups in total. The largest absolute Gasteiger partial charge is 0.367 e. The van der Waals surface area contributed by atoms with Crippen LogP contribution in [-0.4, -0.2) is 54.2 Å². The molecule has 7 nitrogen and oxygen atoms in total. The average Bonchev–Trinajstić information content (AvgIpc) is 2.85. The molecule has 0 radical (unpaired) electrons. The number of hydrogen-bond donors (Lipinski definition) is 2. The number of fused-ring (bicyclic) bond motifs is 1. The Hall–Kier alpha value is -4.04. The summed E-state index contributed by atoms with van der Waals surface area (Å²) in [5.74, 6) is -0.723. The number of likely N-dealkylation sites (N-methyl/N-ethyl adjacent to an activating group) is 1. The standard InChI is InChI=1S/C26H24FN5O2/c1-31-12-14-32(15-13-31)23-11-8-18(24-20-4-2-3-5-21(20)26(34)30-29-24)16-22(23)28-25(33)17-6-9-19(27)10-7-17/h2-11,16H,12-15H2,1H3,(H,28,33)(H,30,34). The predicted molar refractivity (Wildman–Crippen MR) is 132 cm³/mol. The molecule has 1 aliphatic heterocycles. The van der Waals surface area contributed by atoms with E-state index in [1.54, 1.807) is 6.07 Å². The van der Waals surface area contributed by atoms with Crippen molar-refractivity contribution in [2.75, 3.05) is 43.4 Å². The molecule has 1 aromatic heterocycles. The molecule has 0 bridgehead atoms. The van der Waals surface area contributed by atoms with Gasteiger partial charge in [0.05, 0.1) is 22.5 Å². The van der Waals surface area contributed by atoms with Crippen LogP contribution in [0.2, 0.25) is 0 Å². The second-order valence-corrected chi connectivity index (χ2v) is 8.43.